The third-order valence-electron chi connectivity index (χ3n) is 3.25. The molecule has 0 aliphatic rings. The molecular weight excluding hydrogens is 184 g/mol. The van der Waals surface area contributed by atoms with E-state index in [1.807, 2.05) is 0 Å². The monoisotopic (exact) mass is 214 g/mol. The van der Waals surface area contributed by atoms with Crippen molar-refractivity contribution in [3.63, 3.8) is 0 Å². The van der Waals surface area contributed by atoms with Gasteiger partial charge in [-0.3, -0.25) is 0 Å². The van der Waals surface area contributed by atoms with Gasteiger partial charge in [0.25, 0.3) is 0 Å². The van der Waals surface area contributed by atoms with Crippen LogP contribution in [0.1, 0.15) is 47.5 Å². The lowest BCUT2D eigenvalue weighted by molar-refractivity contribution is 0.235. The maximum atomic E-state index is 6.14. The second-order valence-corrected chi connectivity index (χ2v) is 6.04. The van der Waals surface area contributed by atoms with Gasteiger partial charge in [-0.25, -0.2) is 0 Å². The maximum Gasteiger partial charge on any atom is 0.00998 e. The minimum absolute atomic E-state index is 0.233. The molecule has 0 heterocycles. The number of nitrogens with zero attached hydrogens (tertiary/aromatic N) is 1. The zero-order valence-corrected chi connectivity index (χ0v) is 11.5. The smallest absolute Gasteiger partial charge is 0.00998 e. The number of hydrogen-bond donors (Lipinski definition) is 1. The van der Waals surface area contributed by atoms with Gasteiger partial charge < -0.3 is 10.6 Å². The Kier molecular flexibility index (Phi) is 6.46. The van der Waals surface area contributed by atoms with E-state index < -0.39 is 0 Å². The lowest BCUT2D eigenvalue weighted by atomic mass is 9.85. The summed E-state index contributed by atoms with van der Waals surface area (Å²) in [7, 11) is 2.20. The Morgan fingerprint density at radius 1 is 1.27 bits per heavy atom. The van der Waals surface area contributed by atoms with Crippen LogP contribution in [0.5, 0.6) is 0 Å². The summed E-state index contributed by atoms with van der Waals surface area (Å²) >= 11 is 0. The molecule has 0 saturated heterocycles. The van der Waals surface area contributed by atoms with E-state index in [9.17, 15) is 0 Å². The molecule has 2 N–H and O–H groups in total. The summed E-state index contributed by atoms with van der Waals surface area (Å²) < 4.78 is 0. The highest BCUT2D eigenvalue weighted by Crippen LogP contribution is 2.19. The van der Waals surface area contributed by atoms with Crippen LogP contribution < -0.4 is 5.73 Å². The number of nitrogens with two attached hydrogens (primary N) is 1. The normalized spacial score (nSPS) is 16.8. The first-order valence-electron chi connectivity index (χ1n) is 6.21. The second kappa shape index (κ2) is 6.49. The molecule has 0 aliphatic heterocycles. The Morgan fingerprint density at radius 2 is 1.80 bits per heavy atom. The van der Waals surface area contributed by atoms with Crippen molar-refractivity contribution < 1.29 is 0 Å². The maximum absolute atomic E-state index is 6.14. The fourth-order valence-electron chi connectivity index (χ4n) is 1.54. The van der Waals surface area contributed by atoms with Gasteiger partial charge in [-0.05, 0) is 31.3 Å². The highest BCUT2D eigenvalue weighted by atomic mass is 15.1. The van der Waals surface area contributed by atoms with Crippen molar-refractivity contribution in [3.8, 4) is 0 Å². The van der Waals surface area contributed by atoms with E-state index in [0.29, 0.717) is 6.04 Å². The van der Waals surface area contributed by atoms with Gasteiger partial charge in [0.05, 0.1) is 0 Å². The first kappa shape index (κ1) is 14.9. The fourth-order valence-corrected chi connectivity index (χ4v) is 1.54. The Labute approximate surface area is 96.2 Å². The van der Waals surface area contributed by atoms with Gasteiger partial charge in [0.1, 0.15) is 0 Å². The summed E-state index contributed by atoms with van der Waals surface area (Å²) in [4.78, 5) is 2.40. The standard InChI is InChI=1S/C13H30N2/c1-7-11(2)10-15(6)9-8-12(14)13(3,4)5/h11-12H,7-10,14H2,1-6H3. The summed E-state index contributed by atoms with van der Waals surface area (Å²) in [6.45, 7) is 13.5. The first-order valence-corrected chi connectivity index (χ1v) is 6.21. The fraction of sp³-hybridized carbons (Fsp3) is 1.00. The van der Waals surface area contributed by atoms with E-state index in [1.165, 1.54) is 13.0 Å². The van der Waals surface area contributed by atoms with Crippen molar-refractivity contribution in [2.45, 2.75) is 53.5 Å². The lowest BCUT2D eigenvalue weighted by Crippen LogP contribution is -2.38. The summed E-state index contributed by atoms with van der Waals surface area (Å²) in [5.74, 6) is 0.792. The SMILES string of the molecule is CCC(C)CN(C)CCC(N)C(C)(C)C. The van der Waals surface area contributed by atoms with Gasteiger partial charge in [-0.2, -0.15) is 0 Å². The van der Waals surface area contributed by atoms with Crippen molar-refractivity contribution in [2.75, 3.05) is 20.1 Å². The van der Waals surface area contributed by atoms with E-state index in [2.05, 4.69) is 46.6 Å². The Balaban J connectivity index is 3.76. The Morgan fingerprint density at radius 3 is 2.20 bits per heavy atom. The Bertz CT molecular complexity index is 160. The van der Waals surface area contributed by atoms with Crippen molar-refractivity contribution in [1.29, 1.82) is 0 Å². The van der Waals surface area contributed by atoms with Crippen molar-refractivity contribution in [2.24, 2.45) is 17.1 Å². The van der Waals surface area contributed by atoms with E-state index in [-0.39, 0.29) is 5.41 Å². The van der Waals surface area contributed by atoms with Gasteiger partial charge >= 0.3 is 0 Å². The average molecular weight is 214 g/mol. The minimum atomic E-state index is 0.233. The van der Waals surface area contributed by atoms with Crippen LogP contribution in [0.25, 0.3) is 0 Å². The first-order chi connectivity index (χ1) is 6.77. The lowest BCUT2D eigenvalue weighted by Gasteiger charge is -2.29. The molecule has 0 aromatic heterocycles. The van der Waals surface area contributed by atoms with Crippen LogP contribution in [0.3, 0.4) is 0 Å². The molecule has 2 nitrogen and oxygen atoms in total. The van der Waals surface area contributed by atoms with Crippen LogP contribution in [0, 0.1) is 11.3 Å². The quantitative estimate of drug-likeness (QED) is 0.736. The van der Waals surface area contributed by atoms with Gasteiger partial charge in [0.2, 0.25) is 0 Å². The van der Waals surface area contributed by atoms with Crippen LogP contribution >= 0.6 is 0 Å². The molecule has 0 saturated carbocycles. The van der Waals surface area contributed by atoms with E-state index in [4.69, 9.17) is 5.73 Å². The molecule has 2 unspecified atom stereocenters. The predicted octanol–water partition coefficient (Wildman–Crippen LogP) is 2.73. The molecule has 92 valence electrons. The van der Waals surface area contributed by atoms with Crippen LogP contribution in [0.15, 0.2) is 0 Å². The highest BCUT2D eigenvalue weighted by molar-refractivity contribution is 4.77. The summed E-state index contributed by atoms with van der Waals surface area (Å²) in [5.41, 5.74) is 6.37. The van der Waals surface area contributed by atoms with Crippen LogP contribution in [-0.4, -0.2) is 31.1 Å². The van der Waals surface area contributed by atoms with E-state index in [1.54, 1.807) is 0 Å². The molecule has 15 heavy (non-hydrogen) atoms. The van der Waals surface area contributed by atoms with E-state index >= 15 is 0 Å². The summed E-state index contributed by atoms with van der Waals surface area (Å²) in [6.07, 6.45) is 2.35. The molecule has 0 aromatic rings. The second-order valence-electron chi connectivity index (χ2n) is 6.04. The molecular formula is C13H30N2. The topological polar surface area (TPSA) is 29.3 Å². The molecule has 0 aromatic carbocycles. The van der Waals surface area contributed by atoms with Crippen molar-refractivity contribution >= 4 is 0 Å². The van der Waals surface area contributed by atoms with Crippen LogP contribution in [-0.2, 0) is 0 Å². The Hall–Kier alpha value is -0.0800. The van der Waals surface area contributed by atoms with Gasteiger partial charge in [-0.1, -0.05) is 41.0 Å². The zero-order chi connectivity index (χ0) is 12.1. The minimum Gasteiger partial charge on any atom is -0.327 e. The number of hydrogen-bond acceptors (Lipinski definition) is 2. The number of rotatable bonds is 6. The molecule has 0 bridgehead atoms. The third kappa shape index (κ3) is 6.91. The van der Waals surface area contributed by atoms with Gasteiger partial charge in [0, 0.05) is 12.6 Å². The van der Waals surface area contributed by atoms with Gasteiger partial charge in [0.15, 0.2) is 0 Å². The molecule has 0 amide bonds. The van der Waals surface area contributed by atoms with Crippen LogP contribution in [0.4, 0.5) is 0 Å². The molecule has 0 spiro atoms. The van der Waals surface area contributed by atoms with E-state index in [0.717, 1.165) is 18.9 Å². The molecule has 0 fully saturated rings. The molecule has 2 atom stereocenters. The molecule has 0 aliphatic carbocycles. The molecule has 0 rings (SSSR count). The van der Waals surface area contributed by atoms with Crippen molar-refractivity contribution in [1.82, 2.24) is 4.90 Å². The van der Waals surface area contributed by atoms with Crippen molar-refractivity contribution in [3.05, 3.63) is 0 Å². The molecule has 2 heteroatoms. The van der Waals surface area contributed by atoms with Gasteiger partial charge in [-0.15, -0.1) is 0 Å². The summed E-state index contributed by atoms with van der Waals surface area (Å²) in [6, 6.07) is 0.303. The highest BCUT2D eigenvalue weighted by Gasteiger charge is 2.20. The predicted molar refractivity (Wildman–Crippen MR) is 69.0 cm³/mol. The third-order valence-corrected chi connectivity index (χ3v) is 3.25. The molecule has 0 radical (unpaired) electrons. The largest absolute Gasteiger partial charge is 0.327 e. The summed E-state index contributed by atoms with van der Waals surface area (Å²) in [5, 5.41) is 0. The van der Waals surface area contributed by atoms with Crippen LogP contribution in [0.2, 0.25) is 0 Å². The zero-order valence-electron chi connectivity index (χ0n) is 11.5. The average Bonchev–Trinajstić information content (AvgIpc) is 2.12.